The normalized spacial score (nSPS) is 15.0. The van der Waals surface area contributed by atoms with Gasteiger partial charge in [-0.05, 0) is 67.6 Å². The van der Waals surface area contributed by atoms with E-state index in [0.29, 0.717) is 10.2 Å². The molecule has 0 aliphatic heterocycles. The van der Waals surface area contributed by atoms with Gasteiger partial charge in [0.2, 0.25) is 0 Å². The van der Waals surface area contributed by atoms with Crippen molar-refractivity contribution in [2.75, 3.05) is 6.61 Å². The summed E-state index contributed by atoms with van der Waals surface area (Å²) in [5.41, 5.74) is 1.19. The number of carbonyl (C=O) groups excluding carboxylic acids is 1. The predicted octanol–water partition coefficient (Wildman–Crippen LogP) is 3.32. The number of halogens is 1. The molecule has 1 aromatic heterocycles. The molecule has 0 unspecified atom stereocenters. The van der Waals surface area contributed by atoms with E-state index in [0.717, 1.165) is 23.5 Å². The Balaban J connectivity index is 1.72. The Morgan fingerprint density at radius 2 is 2.13 bits per heavy atom. The van der Waals surface area contributed by atoms with Gasteiger partial charge in [-0.3, -0.25) is 0 Å². The Bertz CT molecular complexity index is 732. The maximum absolute atomic E-state index is 11.7. The molecule has 0 spiro atoms. The van der Waals surface area contributed by atoms with Crippen LogP contribution < -0.4 is 4.74 Å². The monoisotopic (exact) mass is 381 g/mol. The maximum atomic E-state index is 11.7. The Labute approximate surface area is 143 Å². The van der Waals surface area contributed by atoms with Crippen LogP contribution in [-0.4, -0.2) is 33.2 Å². The molecule has 1 fully saturated rings. The summed E-state index contributed by atoms with van der Waals surface area (Å²) in [6.45, 7) is 6.24. The average molecular weight is 382 g/mol. The van der Waals surface area contributed by atoms with Gasteiger partial charge >= 0.3 is 5.97 Å². The molecule has 1 aliphatic rings. The second-order valence-corrected chi connectivity index (χ2v) is 7.63. The molecule has 0 radical (unpaired) electrons. The topological polar surface area (TPSA) is 66.2 Å². The minimum absolute atomic E-state index is 0.141. The third kappa shape index (κ3) is 4.02. The SMILES string of the molecule is CC(C)(C)OC(=O)COc1ccc2c(nnn2CC2CC2)c1Br. The largest absolute Gasteiger partial charge is 0.481 e. The molecule has 1 saturated carbocycles. The zero-order chi connectivity index (χ0) is 16.6. The maximum Gasteiger partial charge on any atom is 0.344 e. The number of fused-ring (bicyclic) bond motifs is 1. The Morgan fingerprint density at radius 3 is 2.78 bits per heavy atom. The van der Waals surface area contributed by atoms with Crippen molar-refractivity contribution in [3.05, 3.63) is 16.6 Å². The summed E-state index contributed by atoms with van der Waals surface area (Å²) in [5, 5.41) is 8.43. The van der Waals surface area contributed by atoms with E-state index in [4.69, 9.17) is 9.47 Å². The number of carbonyl (C=O) groups is 1. The van der Waals surface area contributed by atoms with Gasteiger partial charge in [-0.15, -0.1) is 5.10 Å². The van der Waals surface area contributed by atoms with E-state index < -0.39 is 11.6 Å². The Morgan fingerprint density at radius 1 is 1.39 bits per heavy atom. The summed E-state index contributed by atoms with van der Waals surface area (Å²) in [7, 11) is 0. The van der Waals surface area contributed by atoms with E-state index in [9.17, 15) is 4.79 Å². The molecule has 0 amide bonds. The van der Waals surface area contributed by atoms with Crippen LogP contribution in [0, 0.1) is 5.92 Å². The lowest BCUT2D eigenvalue weighted by molar-refractivity contribution is -0.157. The van der Waals surface area contributed by atoms with E-state index in [-0.39, 0.29) is 6.61 Å². The van der Waals surface area contributed by atoms with Crippen LogP contribution in [-0.2, 0) is 16.1 Å². The first-order valence-corrected chi connectivity index (χ1v) is 8.49. The van der Waals surface area contributed by atoms with Crippen LogP contribution in [0.1, 0.15) is 33.6 Å². The lowest BCUT2D eigenvalue weighted by atomic mass is 10.2. The van der Waals surface area contributed by atoms with Gasteiger partial charge in [-0.1, -0.05) is 5.21 Å². The number of aromatic nitrogens is 3. The van der Waals surface area contributed by atoms with Crippen LogP contribution >= 0.6 is 15.9 Å². The van der Waals surface area contributed by atoms with Crippen molar-refractivity contribution >= 4 is 32.9 Å². The van der Waals surface area contributed by atoms with Gasteiger partial charge in [-0.2, -0.15) is 0 Å². The van der Waals surface area contributed by atoms with E-state index in [2.05, 4.69) is 26.2 Å². The number of nitrogens with zero attached hydrogens (tertiary/aromatic N) is 3. The summed E-state index contributed by atoms with van der Waals surface area (Å²) in [4.78, 5) is 11.7. The number of benzene rings is 1. The summed E-state index contributed by atoms with van der Waals surface area (Å²) in [5.74, 6) is 0.880. The highest BCUT2D eigenvalue weighted by Gasteiger charge is 2.24. The second-order valence-electron chi connectivity index (χ2n) is 6.84. The predicted molar refractivity (Wildman–Crippen MR) is 89.3 cm³/mol. The van der Waals surface area contributed by atoms with E-state index in [1.807, 2.05) is 37.6 Å². The first-order chi connectivity index (χ1) is 10.8. The van der Waals surface area contributed by atoms with Crippen LogP contribution in [0.25, 0.3) is 11.0 Å². The van der Waals surface area contributed by atoms with Gasteiger partial charge in [0.1, 0.15) is 16.9 Å². The third-order valence-corrected chi connectivity index (χ3v) is 4.25. The highest BCUT2D eigenvalue weighted by Crippen LogP contribution is 2.34. The number of esters is 1. The van der Waals surface area contributed by atoms with Crippen molar-refractivity contribution in [3.63, 3.8) is 0 Å². The van der Waals surface area contributed by atoms with Gasteiger partial charge in [0.25, 0.3) is 0 Å². The van der Waals surface area contributed by atoms with Crippen molar-refractivity contribution in [2.45, 2.75) is 45.8 Å². The van der Waals surface area contributed by atoms with Crippen LogP contribution in [0.4, 0.5) is 0 Å². The fourth-order valence-electron chi connectivity index (χ4n) is 2.29. The highest BCUT2D eigenvalue weighted by molar-refractivity contribution is 9.10. The van der Waals surface area contributed by atoms with E-state index in [1.54, 1.807) is 0 Å². The van der Waals surface area contributed by atoms with Crippen molar-refractivity contribution in [3.8, 4) is 5.75 Å². The number of rotatable bonds is 5. The summed E-state index contributed by atoms with van der Waals surface area (Å²) in [6.07, 6.45) is 2.53. The number of ether oxygens (including phenoxy) is 2. The lowest BCUT2D eigenvalue weighted by Crippen LogP contribution is -2.27. The first-order valence-electron chi connectivity index (χ1n) is 7.70. The molecule has 124 valence electrons. The molecular formula is C16H20BrN3O3. The minimum Gasteiger partial charge on any atom is -0.481 e. The molecule has 23 heavy (non-hydrogen) atoms. The second kappa shape index (κ2) is 6.11. The van der Waals surface area contributed by atoms with Crippen LogP contribution in [0.2, 0.25) is 0 Å². The minimum atomic E-state index is -0.521. The summed E-state index contributed by atoms with van der Waals surface area (Å²) in [6, 6.07) is 3.75. The van der Waals surface area contributed by atoms with Crippen LogP contribution in [0.5, 0.6) is 5.75 Å². The zero-order valence-corrected chi connectivity index (χ0v) is 15.1. The molecular weight excluding hydrogens is 362 g/mol. The molecule has 0 N–H and O–H groups in total. The first kappa shape index (κ1) is 16.2. The standard InChI is InChI=1S/C16H20BrN3O3/c1-16(2,3)23-13(21)9-22-12-7-6-11-15(14(12)17)18-19-20(11)8-10-4-5-10/h6-7,10H,4-5,8-9H2,1-3H3. The summed E-state index contributed by atoms with van der Waals surface area (Å²) >= 11 is 3.50. The van der Waals surface area contributed by atoms with Crippen molar-refractivity contribution in [1.82, 2.24) is 15.0 Å². The molecule has 1 aromatic carbocycles. The molecule has 1 heterocycles. The quantitative estimate of drug-likeness (QED) is 0.743. The fourth-order valence-corrected chi connectivity index (χ4v) is 2.81. The molecule has 3 rings (SSSR count). The van der Waals surface area contributed by atoms with Crippen LogP contribution in [0.3, 0.4) is 0 Å². The third-order valence-electron chi connectivity index (χ3n) is 3.48. The molecule has 0 atom stereocenters. The van der Waals surface area contributed by atoms with Crippen LogP contribution in [0.15, 0.2) is 16.6 Å². The molecule has 6 nitrogen and oxygen atoms in total. The van der Waals surface area contributed by atoms with Gasteiger partial charge in [-0.25, -0.2) is 9.48 Å². The van der Waals surface area contributed by atoms with Gasteiger partial charge < -0.3 is 9.47 Å². The fraction of sp³-hybridized carbons (Fsp3) is 0.562. The van der Waals surface area contributed by atoms with Crippen molar-refractivity contribution in [1.29, 1.82) is 0 Å². The molecule has 2 aromatic rings. The Kier molecular flexibility index (Phi) is 4.31. The highest BCUT2D eigenvalue weighted by atomic mass is 79.9. The van der Waals surface area contributed by atoms with E-state index in [1.165, 1.54) is 12.8 Å². The van der Waals surface area contributed by atoms with E-state index >= 15 is 0 Å². The molecule has 0 bridgehead atoms. The van der Waals surface area contributed by atoms with Gasteiger partial charge in [0.05, 0.1) is 9.99 Å². The smallest absolute Gasteiger partial charge is 0.344 e. The number of hydrogen-bond acceptors (Lipinski definition) is 5. The van der Waals surface area contributed by atoms with Gasteiger partial charge in [0, 0.05) is 6.54 Å². The molecule has 0 saturated heterocycles. The average Bonchev–Trinajstić information content (AvgIpc) is 3.16. The van der Waals surface area contributed by atoms with Crippen molar-refractivity contribution in [2.24, 2.45) is 5.92 Å². The van der Waals surface area contributed by atoms with Gasteiger partial charge in [0.15, 0.2) is 6.61 Å². The molecule has 1 aliphatic carbocycles. The number of hydrogen-bond donors (Lipinski definition) is 0. The summed E-state index contributed by atoms with van der Waals surface area (Å²) < 4.78 is 13.4. The zero-order valence-electron chi connectivity index (χ0n) is 13.5. The Hall–Kier alpha value is -1.63. The molecule has 7 heteroatoms. The van der Waals surface area contributed by atoms with Crippen molar-refractivity contribution < 1.29 is 14.3 Å². The lowest BCUT2D eigenvalue weighted by Gasteiger charge is -2.19.